The van der Waals surface area contributed by atoms with Gasteiger partial charge >= 0.3 is 0 Å². The molecule has 17 heavy (non-hydrogen) atoms. The molecule has 2 aromatic rings. The van der Waals surface area contributed by atoms with Crippen molar-refractivity contribution in [2.75, 3.05) is 14.2 Å². The van der Waals surface area contributed by atoms with Gasteiger partial charge in [0.1, 0.15) is 5.75 Å². The van der Waals surface area contributed by atoms with E-state index in [-0.39, 0.29) is 6.04 Å². The third-order valence-electron chi connectivity index (χ3n) is 2.38. The van der Waals surface area contributed by atoms with Gasteiger partial charge in [0.05, 0.1) is 21.8 Å². The van der Waals surface area contributed by atoms with Crippen molar-refractivity contribution in [3.63, 3.8) is 0 Å². The second kappa shape index (κ2) is 5.84. The van der Waals surface area contributed by atoms with E-state index in [2.05, 4.69) is 48.6 Å². The van der Waals surface area contributed by atoms with Gasteiger partial charge in [0.15, 0.2) is 0 Å². The van der Waals surface area contributed by atoms with Gasteiger partial charge in [-0.05, 0) is 56.4 Å². The molecule has 1 atom stereocenters. The highest BCUT2D eigenvalue weighted by Crippen LogP contribution is 2.41. The minimum Gasteiger partial charge on any atom is -0.496 e. The van der Waals surface area contributed by atoms with Crippen LogP contribution in [0, 0.1) is 0 Å². The van der Waals surface area contributed by atoms with E-state index >= 15 is 0 Å². The van der Waals surface area contributed by atoms with Crippen LogP contribution in [-0.4, -0.2) is 14.2 Å². The van der Waals surface area contributed by atoms with Crippen molar-refractivity contribution in [2.24, 2.45) is 0 Å². The molecular weight excluding hydrogens is 386 g/mol. The fraction of sp³-hybridized carbons (Fsp3) is 0.273. The van der Waals surface area contributed by atoms with E-state index < -0.39 is 0 Å². The molecule has 1 unspecified atom stereocenters. The predicted octanol–water partition coefficient (Wildman–Crippen LogP) is 4.65. The SMILES string of the molecule is CNC(c1cc(Br)c(Br)s1)c1sccc1OC. The van der Waals surface area contributed by atoms with Gasteiger partial charge in [-0.25, -0.2) is 0 Å². The van der Waals surface area contributed by atoms with Crippen LogP contribution in [0.4, 0.5) is 0 Å². The van der Waals surface area contributed by atoms with Crippen LogP contribution in [0.3, 0.4) is 0 Å². The molecule has 0 radical (unpaired) electrons. The highest BCUT2D eigenvalue weighted by atomic mass is 79.9. The van der Waals surface area contributed by atoms with E-state index in [1.807, 2.05) is 13.1 Å². The van der Waals surface area contributed by atoms with Crippen molar-refractivity contribution in [1.82, 2.24) is 5.32 Å². The standard InChI is InChI=1S/C11H11Br2NOS2/c1-14-9(8-5-6(12)11(13)17-8)10-7(15-2)3-4-16-10/h3-5,9,14H,1-2H3. The zero-order valence-corrected chi connectivity index (χ0v) is 14.1. The Morgan fingerprint density at radius 3 is 2.71 bits per heavy atom. The number of thiophene rings is 2. The molecule has 0 saturated carbocycles. The lowest BCUT2D eigenvalue weighted by Crippen LogP contribution is -2.15. The second-order valence-corrected chi connectivity index (χ2v) is 7.55. The molecule has 0 aromatic carbocycles. The molecule has 0 aliphatic heterocycles. The van der Waals surface area contributed by atoms with Crippen molar-refractivity contribution < 1.29 is 4.74 Å². The van der Waals surface area contributed by atoms with Crippen LogP contribution in [0.15, 0.2) is 25.8 Å². The van der Waals surface area contributed by atoms with Crippen molar-refractivity contribution >= 4 is 54.5 Å². The fourth-order valence-electron chi connectivity index (χ4n) is 1.60. The number of nitrogens with one attached hydrogen (secondary N) is 1. The topological polar surface area (TPSA) is 21.3 Å². The number of halogens is 2. The molecule has 0 bridgehead atoms. The van der Waals surface area contributed by atoms with Gasteiger partial charge in [-0.1, -0.05) is 0 Å². The zero-order valence-electron chi connectivity index (χ0n) is 9.29. The molecule has 0 aliphatic rings. The number of hydrogen-bond donors (Lipinski definition) is 1. The summed E-state index contributed by atoms with van der Waals surface area (Å²) in [4.78, 5) is 2.46. The molecule has 0 spiro atoms. The average Bonchev–Trinajstić information content (AvgIpc) is 2.89. The summed E-state index contributed by atoms with van der Waals surface area (Å²) in [6.07, 6.45) is 0. The van der Waals surface area contributed by atoms with Gasteiger partial charge in [0, 0.05) is 9.35 Å². The first-order chi connectivity index (χ1) is 8.17. The van der Waals surface area contributed by atoms with E-state index in [1.54, 1.807) is 29.8 Å². The normalized spacial score (nSPS) is 12.7. The summed E-state index contributed by atoms with van der Waals surface area (Å²) in [6.45, 7) is 0. The number of methoxy groups -OCH3 is 1. The molecule has 2 aromatic heterocycles. The molecule has 2 heterocycles. The van der Waals surface area contributed by atoms with Crippen LogP contribution >= 0.6 is 54.5 Å². The Hall–Kier alpha value is 0.120. The van der Waals surface area contributed by atoms with Crippen LogP contribution in [0.5, 0.6) is 5.75 Å². The Kier molecular flexibility index (Phi) is 4.65. The van der Waals surface area contributed by atoms with Crippen LogP contribution in [0.2, 0.25) is 0 Å². The van der Waals surface area contributed by atoms with E-state index in [0.29, 0.717) is 0 Å². The maximum atomic E-state index is 5.38. The maximum absolute atomic E-state index is 5.38. The summed E-state index contributed by atoms with van der Waals surface area (Å²) < 4.78 is 7.58. The van der Waals surface area contributed by atoms with E-state index in [1.165, 1.54) is 9.75 Å². The van der Waals surface area contributed by atoms with Crippen LogP contribution in [0.25, 0.3) is 0 Å². The summed E-state index contributed by atoms with van der Waals surface area (Å²) in [6, 6.07) is 4.31. The number of hydrogen-bond acceptors (Lipinski definition) is 4. The first kappa shape index (κ1) is 13.5. The molecule has 6 heteroatoms. The molecule has 0 saturated heterocycles. The Morgan fingerprint density at radius 1 is 1.41 bits per heavy atom. The van der Waals surface area contributed by atoms with E-state index in [4.69, 9.17) is 4.74 Å². The monoisotopic (exact) mass is 395 g/mol. The second-order valence-electron chi connectivity index (χ2n) is 3.35. The molecule has 1 N–H and O–H groups in total. The molecule has 0 fully saturated rings. The smallest absolute Gasteiger partial charge is 0.134 e. The third kappa shape index (κ3) is 2.76. The van der Waals surface area contributed by atoms with Crippen molar-refractivity contribution in [1.29, 1.82) is 0 Å². The molecule has 2 rings (SSSR count). The highest BCUT2D eigenvalue weighted by molar-refractivity contribution is 9.13. The minimum atomic E-state index is 0.178. The van der Waals surface area contributed by atoms with Crippen molar-refractivity contribution in [2.45, 2.75) is 6.04 Å². The number of rotatable bonds is 4. The predicted molar refractivity (Wildman–Crippen MR) is 81.5 cm³/mol. The third-order valence-corrected chi connectivity index (χ3v) is 6.66. The van der Waals surface area contributed by atoms with Crippen molar-refractivity contribution in [3.8, 4) is 5.75 Å². The Balaban J connectivity index is 2.40. The Bertz CT molecular complexity index is 490. The van der Waals surface area contributed by atoms with Gasteiger partial charge in [0.25, 0.3) is 0 Å². The summed E-state index contributed by atoms with van der Waals surface area (Å²) in [7, 11) is 3.67. The van der Waals surface area contributed by atoms with Gasteiger partial charge in [-0.15, -0.1) is 22.7 Å². The zero-order chi connectivity index (χ0) is 12.4. The lowest BCUT2D eigenvalue weighted by Gasteiger charge is -2.14. The van der Waals surface area contributed by atoms with Gasteiger partial charge in [-0.3, -0.25) is 0 Å². The van der Waals surface area contributed by atoms with Crippen LogP contribution in [-0.2, 0) is 0 Å². The first-order valence-electron chi connectivity index (χ1n) is 4.90. The van der Waals surface area contributed by atoms with E-state index in [0.717, 1.165) is 14.0 Å². The Labute approximate surface area is 125 Å². The summed E-state index contributed by atoms with van der Waals surface area (Å²) >= 11 is 10.5. The minimum absolute atomic E-state index is 0.178. The molecule has 0 aliphatic carbocycles. The van der Waals surface area contributed by atoms with E-state index in [9.17, 15) is 0 Å². The quantitative estimate of drug-likeness (QED) is 0.811. The van der Waals surface area contributed by atoms with Gasteiger partial charge in [0.2, 0.25) is 0 Å². The lowest BCUT2D eigenvalue weighted by atomic mass is 10.2. The lowest BCUT2D eigenvalue weighted by molar-refractivity contribution is 0.409. The van der Waals surface area contributed by atoms with Crippen LogP contribution < -0.4 is 10.1 Å². The van der Waals surface area contributed by atoms with Crippen molar-refractivity contribution in [3.05, 3.63) is 35.5 Å². The van der Waals surface area contributed by atoms with Crippen LogP contribution in [0.1, 0.15) is 15.8 Å². The Morgan fingerprint density at radius 2 is 2.18 bits per heavy atom. The molecular formula is C11H11Br2NOS2. The fourth-order valence-corrected chi connectivity index (χ4v) is 4.87. The molecule has 0 amide bonds. The average molecular weight is 397 g/mol. The highest BCUT2D eigenvalue weighted by Gasteiger charge is 2.20. The molecule has 92 valence electrons. The molecule has 2 nitrogen and oxygen atoms in total. The maximum Gasteiger partial charge on any atom is 0.134 e. The summed E-state index contributed by atoms with van der Waals surface area (Å²) in [5, 5.41) is 5.39. The number of ether oxygens (including phenoxy) is 1. The summed E-state index contributed by atoms with van der Waals surface area (Å²) in [5.41, 5.74) is 0. The summed E-state index contributed by atoms with van der Waals surface area (Å²) in [5.74, 6) is 0.940. The van der Waals surface area contributed by atoms with Gasteiger partial charge in [-0.2, -0.15) is 0 Å². The first-order valence-corrected chi connectivity index (χ1v) is 8.19. The van der Waals surface area contributed by atoms with Gasteiger partial charge < -0.3 is 10.1 Å². The largest absolute Gasteiger partial charge is 0.496 e.